The van der Waals surface area contributed by atoms with Gasteiger partial charge in [0.15, 0.2) is 11.5 Å². The average molecular weight is 373 g/mol. The van der Waals surface area contributed by atoms with Crippen molar-refractivity contribution in [3.05, 3.63) is 53.4 Å². The normalized spacial score (nSPS) is 11.4. The van der Waals surface area contributed by atoms with Crippen LogP contribution in [0.4, 0.5) is 5.69 Å². The van der Waals surface area contributed by atoms with E-state index in [0.717, 1.165) is 11.0 Å². The molecule has 140 valence electrons. The number of aromatic hydroxyl groups is 1. The SMILES string of the molecule is [C-]#[N+]c1ccc2[nH]c(O)c(-c3nc4ccc(C(=O)CCN(C)C)cc4[nH]3)c2c1. The molecule has 0 saturated heterocycles. The number of aromatic nitrogens is 3. The van der Waals surface area contributed by atoms with Gasteiger partial charge in [-0.05, 0) is 44.4 Å². The van der Waals surface area contributed by atoms with Crippen LogP contribution in [0, 0.1) is 6.57 Å². The molecule has 2 heterocycles. The quantitative estimate of drug-likeness (QED) is 0.363. The summed E-state index contributed by atoms with van der Waals surface area (Å²) in [4.78, 5) is 28.5. The minimum absolute atomic E-state index is 0.0153. The van der Waals surface area contributed by atoms with Gasteiger partial charge >= 0.3 is 0 Å². The van der Waals surface area contributed by atoms with Gasteiger partial charge in [0.1, 0.15) is 5.82 Å². The molecule has 0 spiro atoms. The first-order valence-corrected chi connectivity index (χ1v) is 8.86. The van der Waals surface area contributed by atoms with Gasteiger partial charge in [-0.15, -0.1) is 0 Å². The molecular formula is C21H19N5O2. The fourth-order valence-corrected chi connectivity index (χ4v) is 3.25. The predicted octanol–water partition coefficient (Wildman–Crippen LogP) is 4.10. The van der Waals surface area contributed by atoms with Gasteiger partial charge in [-0.2, -0.15) is 0 Å². The number of rotatable bonds is 5. The topological polar surface area (TPSA) is 89.4 Å². The number of benzene rings is 2. The Morgan fingerprint density at radius 3 is 2.75 bits per heavy atom. The van der Waals surface area contributed by atoms with Crippen molar-refractivity contribution in [2.24, 2.45) is 0 Å². The van der Waals surface area contributed by atoms with Gasteiger partial charge in [-0.1, -0.05) is 6.07 Å². The van der Waals surface area contributed by atoms with E-state index in [2.05, 4.69) is 19.8 Å². The first-order chi connectivity index (χ1) is 13.5. The first-order valence-electron chi connectivity index (χ1n) is 8.86. The highest BCUT2D eigenvalue weighted by Gasteiger charge is 2.17. The van der Waals surface area contributed by atoms with E-state index in [9.17, 15) is 9.90 Å². The van der Waals surface area contributed by atoms with Crippen molar-refractivity contribution in [2.45, 2.75) is 6.42 Å². The van der Waals surface area contributed by atoms with Gasteiger partial charge in [0.25, 0.3) is 0 Å². The second-order valence-electron chi connectivity index (χ2n) is 6.98. The van der Waals surface area contributed by atoms with Crippen molar-refractivity contribution in [1.82, 2.24) is 19.9 Å². The average Bonchev–Trinajstić information content (AvgIpc) is 3.23. The maximum absolute atomic E-state index is 12.4. The zero-order valence-corrected chi connectivity index (χ0v) is 15.6. The molecule has 0 aliphatic rings. The lowest BCUT2D eigenvalue weighted by Gasteiger charge is -2.08. The van der Waals surface area contributed by atoms with Crippen LogP contribution in [0.5, 0.6) is 5.88 Å². The number of nitrogens with zero attached hydrogens (tertiary/aromatic N) is 3. The van der Waals surface area contributed by atoms with Crippen LogP contribution < -0.4 is 0 Å². The molecule has 4 rings (SSSR count). The van der Waals surface area contributed by atoms with Crippen molar-refractivity contribution in [3.8, 4) is 17.3 Å². The molecule has 0 atom stereocenters. The zero-order valence-electron chi connectivity index (χ0n) is 15.6. The van der Waals surface area contributed by atoms with Gasteiger partial charge in [0.05, 0.1) is 23.2 Å². The number of Topliss-reactive ketones (excluding diaryl/α,β-unsaturated/α-hetero) is 1. The van der Waals surface area contributed by atoms with Crippen molar-refractivity contribution < 1.29 is 9.90 Å². The van der Waals surface area contributed by atoms with E-state index in [1.54, 1.807) is 36.4 Å². The van der Waals surface area contributed by atoms with E-state index in [0.29, 0.717) is 46.5 Å². The maximum atomic E-state index is 12.4. The molecular weight excluding hydrogens is 354 g/mol. The third kappa shape index (κ3) is 3.10. The Balaban J connectivity index is 1.77. The highest BCUT2D eigenvalue weighted by atomic mass is 16.3. The summed E-state index contributed by atoms with van der Waals surface area (Å²) in [6, 6.07) is 10.5. The molecule has 0 saturated carbocycles. The molecule has 0 bridgehead atoms. The van der Waals surface area contributed by atoms with E-state index in [4.69, 9.17) is 6.57 Å². The lowest BCUT2D eigenvalue weighted by molar-refractivity contribution is 0.0972. The van der Waals surface area contributed by atoms with Crippen molar-refractivity contribution in [3.63, 3.8) is 0 Å². The summed E-state index contributed by atoms with van der Waals surface area (Å²) in [5, 5.41) is 11.1. The number of fused-ring (bicyclic) bond motifs is 2. The minimum Gasteiger partial charge on any atom is -0.494 e. The van der Waals surface area contributed by atoms with Crippen molar-refractivity contribution in [2.75, 3.05) is 20.6 Å². The highest BCUT2D eigenvalue weighted by molar-refractivity contribution is 6.02. The summed E-state index contributed by atoms with van der Waals surface area (Å²) in [5.74, 6) is 0.542. The highest BCUT2D eigenvalue weighted by Crippen LogP contribution is 2.37. The number of hydrogen-bond acceptors (Lipinski definition) is 4. The van der Waals surface area contributed by atoms with Gasteiger partial charge in [0, 0.05) is 29.4 Å². The number of nitrogens with one attached hydrogen (secondary N) is 2. The predicted molar refractivity (Wildman–Crippen MR) is 109 cm³/mol. The van der Waals surface area contributed by atoms with Gasteiger partial charge in [0.2, 0.25) is 5.88 Å². The molecule has 0 fully saturated rings. The second-order valence-corrected chi connectivity index (χ2v) is 6.98. The fraction of sp³-hybridized carbons (Fsp3) is 0.190. The Labute approximate surface area is 161 Å². The maximum Gasteiger partial charge on any atom is 0.200 e. The molecule has 0 aliphatic heterocycles. The van der Waals surface area contributed by atoms with Crippen molar-refractivity contribution in [1.29, 1.82) is 0 Å². The summed E-state index contributed by atoms with van der Waals surface area (Å²) in [5.41, 5.74) is 3.77. The molecule has 7 heteroatoms. The lowest BCUT2D eigenvalue weighted by atomic mass is 10.1. The van der Waals surface area contributed by atoms with Crippen LogP contribution in [0.1, 0.15) is 16.8 Å². The standard InChI is InChI=1S/C21H19N5O2/c1-22-13-5-7-15-14(11-13)19(21(28)25-15)20-23-16-6-4-12(10-17(16)24-20)18(27)8-9-26(2)3/h4-7,10-11,25,28H,8-9H2,2-3H3,(H,23,24). The summed E-state index contributed by atoms with van der Waals surface area (Å²) in [6.07, 6.45) is 0.447. The molecule has 7 nitrogen and oxygen atoms in total. The van der Waals surface area contributed by atoms with Crippen molar-refractivity contribution >= 4 is 33.4 Å². The summed E-state index contributed by atoms with van der Waals surface area (Å²) >= 11 is 0. The van der Waals surface area contributed by atoms with Gasteiger partial charge < -0.3 is 20.0 Å². The monoisotopic (exact) mass is 373 g/mol. The lowest BCUT2D eigenvalue weighted by Crippen LogP contribution is -2.16. The molecule has 0 radical (unpaired) electrons. The Hall–Kier alpha value is -3.63. The van der Waals surface area contributed by atoms with Crippen LogP contribution in [0.15, 0.2) is 36.4 Å². The van der Waals surface area contributed by atoms with Gasteiger partial charge in [-0.25, -0.2) is 9.83 Å². The van der Waals surface area contributed by atoms with Crippen LogP contribution in [-0.2, 0) is 0 Å². The Morgan fingerprint density at radius 2 is 2.00 bits per heavy atom. The third-order valence-corrected chi connectivity index (χ3v) is 4.72. The van der Waals surface area contributed by atoms with E-state index in [1.807, 2.05) is 19.0 Å². The van der Waals surface area contributed by atoms with Crippen LogP contribution in [0.3, 0.4) is 0 Å². The summed E-state index contributed by atoms with van der Waals surface area (Å²) in [7, 11) is 3.87. The summed E-state index contributed by atoms with van der Waals surface area (Å²) < 4.78 is 0. The molecule has 4 aromatic rings. The summed E-state index contributed by atoms with van der Waals surface area (Å²) in [6.45, 7) is 7.90. The van der Waals surface area contributed by atoms with Crippen LogP contribution >= 0.6 is 0 Å². The van der Waals surface area contributed by atoms with Crippen LogP contribution in [0.25, 0.3) is 38.2 Å². The number of carbonyl (C=O) groups excluding carboxylic acids is 1. The Kier molecular flexibility index (Phi) is 4.34. The number of aromatic amines is 2. The second kappa shape index (κ2) is 6.83. The molecule has 0 aliphatic carbocycles. The van der Waals surface area contributed by atoms with E-state index in [1.165, 1.54) is 0 Å². The first kappa shape index (κ1) is 17.8. The number of H-pyrrole nitrogens is 2. The van der Waals surface area contributed by atoms with Crippen LogP contribution in [0.2, 0.25) is 0 Å². The number of ketones is 1. The number of imidazole rings is 1. The molecule has 0 amide bonds. The van der Waals surface area contributed by atoms with Crippen LogP contribution in [-0.4, -0.2) is 51.4 Å². The van der Waals surface area contributed by atoms with E-state index >= 15 is 0 Å². The van der Waals surface area contributed by atoms with E-state index < -0.39 is 0 Å². The molecule has 2 aromatic carbocycles. The van der Waals surface area contributed by atoms with E-state index in [-0.39, 0.29) is 11.7 Å². The molecule has 0 unspecified atom stereocenters. The minimum atomic E-state index is -0.0153. The largest absolute Gasteiger partial charge is 0.494 e. The third-order valence-electron chi connectivity index (χ3n) is 4.72. The zero-order chi connectivity index (χ0) is 19.8. The fourth-order valence-electron chi connectivity index (χ4n) is 3.25. The Bertz CT molecular complexity index is 1240. The molecule has 3 N–H and O–H groups in total. The molecule has 28 heavy (non-hydrogen) atoms. The molecule has 2 aromatic heterocycles. The smallest absolute Gasteiger partial charge is 0.200 e. The Morgan fingerprint density at radius 1 is 1.18 bits per heavy atom. The number of carbonyl (C=O) groups is 1. The number of hydrogen-bond donors (Lipinski definition) is 3. The van der Waals surface area contributed by atoms with Gasteiger partial charge in [-0.3, -0.25) is 4.79 Å².